The summed E-state index contributed by atoms with van der Waals surface area (Å²) >= 11 is 0. The molecule has 752 valence electrons. The Labute approximate surface area is 884 Å². The Bertz CT molecular complexity index is 1710. The van der Waals surface area contributed by atoms with E-state index < -0.39 is 35.8 Å². The van der Waals surface area contributed by atoms with Crippen LogP contribution in [0.1, 0.15) is 415 Å². The van der Waals surface area contributed by atoms with Crippen LogP contribution in [0.2, 0.25) is 0 Å². The standard InChI is InChI=1S/4C12H24O4.2C8H16O4.7C5H12.K.Li.2Na/c4*1-3-11(2)16-10-9-15-8-6-4-5-7-12(13)14;2*1-3-7(2)12-5-4-11-6-8(9)10;7*1-4-5(2)3;;;;/h4*11H,3-10H2,1-2H3,(H,13,14);2*7H,3-6H2,1-2H3,(H,9,10);7*5H,4H2,1-3H3;;;;/q;;;;;;;;;;;;;4*+1/p-4. The topological polar surface area (TPSA) is 346 Å². The number of ether oxygens (including phenoxy) is 12. The molecule has 0 bridgehead atoms. The van der Waals surface area contributed by atoms with E-state index in [0.717, 1.165) is 138 Å². The largest absolute Gasteiger partial charge is 1.00 e. The van der Waals surface area contributed by atoms with Crippen molar-refractivity contribution in [2.45, 2.75) is 451 Å². The van der Waals surface area contributed by atoms with Gasteiger partial charge >= 0.3 is 141 Å². The van der Waals surface area contributed by atoms with Gasteiger partial charge in [-0.2, -0.15) is 0 Å². The van der Waals surface area contributed by atoms with E-state index in [1.807, 2.05) is 55.4 Å². The fraction of sp³-hybridized carbons (Fsp3) is 0.939. The first-order valence-electron chi connectivity index (χ1n) is 48.3. The molecule has 0 spiro atoms. The first-order valence-corrected chi connectivity index (χ1v) is 48.3. The molecule has 0 aromatic rings. The van der Waals surface area contributed by atoms with E-state index in [9.17, 15) is 49.2 Å². The molecule has 2 N–H and O–H groups in total. The van der Waals surface area contributed by atoms with Crippen molar-refractivity contribution in [3.8, 4) is 0 Å². The molecule has 0 saturated heterocycles. The van der Waals surface area contributed by atoms with Crippen LogP contribution in [-0.2, 0) is 85.6 Å². The van der Waals surface area contributed by atoms with Crippen LogP contribution in [0.5, 0.6) is 0 Å². The van der Waals surface area contributed by atoms with Gasteiger partial charge in [0.25, 0.3) is 0 Å². The van der Waals surface area contributed by atoms with Gasteiger partial charge in [0.05, 0.1) is 128 Å². The summed E-state index contributed by atoms with van der Waals surface area (Å²) in [5.74, 6) is 0.420. The zero-order valence-electron chi connectivity index (χ0n) is 90.6. The van der Waals surface area contributed by atoms with Crippen LogP contribution < -0.4 is 150 Å². The fourth-order valence-corrected chi connectivity index (χ4v) is 5.89. The minimum Gasteiger partial charge on any atom is -0.550 e. The summed E-state index contributed by atoms with van der Waals surface area (Å²) in [6.07, 6.45) is 27.4. The molecule has 0 aliphatic heterocycles. The molecule has 0 rings (SSSR count). The maximum absolute atomic E-state index is 10.2. The van der Waals surface area contributed by atoms with Crippen molar-refractivity contribution in [3.05, 3.63) is 0 Å². The third-order valence-electron chi connectivity index (χ3n) is 18.1. The van der Waals surface area contributed by atoms with E-state index in [4.69, 9.17) is 67.1 Å². The van der Waals surface area contributed by atoms with E-state index in [-0.39, 0.29) is 180 Å². The second-order valence-corrected chi connectivity index (χ2v) is 33.2. The van der Waals surface area contributed by atoms with Crippen LogP contribution in [0.25, 0.3) is 0 Å². The van der Waals surface area contributed by atoms with Gasteiger partial charge < -0.3 is 107 Å². The van der Waals surface area contributed by atoms with Crippen LogP contribution >= 0.6 is 0 Å². The van der Waals surface area contributed by atoms with Crippen molar-refractivity contribution < 1.29 is 246 Å². The zero-order valence-corrected chi connectivity index (χ0v) is 97.7. The summed E-state index contributed by atoms with van der Waals surface area (Å²) in [5.41, 5.74) is 0. The summed E-state index contributed by atoms with van der Waals surface area (Å²) in [5, 5.41) is 56.8. The van der Waals surface area contributed by atoms with Gasteiger partial charge in [-0.05, 0) is 192 Å². The van der Waals surface area contributed by atoms with Crippen LogP contribution in [0.15, 0.2) is 0 Å². The van der Waals surface area contributed by atoms with Crippen molar-refractivity contribution in [2.75, 3.05) is 119 Å². The Hall–Kier alpha value is 0.574. The smallest absolute Gasteiger partial charge is 0.550 e. The third kappa shape index (κ3) is 239. The minimum atomic E-state index is -1.20. The molecule has 28 heteroatoms. The maximum atomic E-state index is 10.2. The summed E-state index contributed by atoms with van der Waals surface area (Å²) in [6.45, 7) is 79.7. The number of aliphatic carboxylic acids is 6. The molecule has 127 heavy (non-hydrogen) atoms. The normalized spacial score (nSPS) is 11.4. The van der Waals surface area contributed by atoms with Crippen molar-refractivity contribution in [3.63, 3.8) is 0 Å². The first-order chi connectivity index (χ1) is 57.9. The van der Waals surface area contributed by atoms with Gasteiger partial charge in [0.15, 0.2) is 0 Å². The molecule has 0 radical (unpaired) electrons. The Morgan fingerprint density at radius 2 is 0.370 bits per heavy atom. The number of unbranched alkanes of at least 4 members (excludes halogenated alkanes) is 8. The monoisotopic (exact) mass is 1870 g/mol. The van der Waals surface area contributed by atoms with Crippen LogP contribution in [-0.4, -0.2) is 202 Å². The summed E-state index contributed by atoms with van der Waals surface area (Å²) in [7, 11) is 0. The molecule has 0 aliphatic rings. The van der Waals surface area contributed by atoms with E-state index in [1.54, 1.807) is 0 Å². The molecule has 0 heterocycles. The van der Waals surface area contributed by atoms with Crippen LogP contribution in [0.4, 0.5) is 0 Å². The van der Waals surface area contributed by atoms with E-state index in [2.05, 4.69) is 173 Å². The predicted molar refractivity (Wildman–Crippen MR) is 504 cm³/mol. The fourth-order valence-electron chi connectivity index (χ4n) is 5.89. The molecule has 0 fully saturated rings. The first kappa shape index (κ1) is 167. The van der Waals surface area contributed by atoms with Crippen LogP contribution in [0, 0.1) is 41.4 Å². The number of carboxylic acids is 6. The molecule has 24 nitrogen and oxygen atoms in total. The average Bonchev–Trinajstić information content (AvgIpc) is 1.09. The van der Waals surface area contributed by atoms with Crippen molar-refractivity contribution >= 4 is 35.8 Å². The summed E-state index contributed by atoms with van der Waals surface area (Å²) in [4.78, 5) is 60.4. The predicted octanol–water partition coefficient (Wildman–Crippen LogP) is 8.70. The molecule has 0 saturated carbocycles. The zero-order chi connectivity index (χ0) is 97.7. The van der Waals surface area contributed by atoms with Gasteiger partial charge in [-0.3, -0.25) is 4.79 Å². The summed E-state index contributed by atoms with van der Waals surface area (Å²) in [6, 6.07) is 0. The molecule has 0 aliphatic carbocycles. The molecule has 6 unspecified atom stereocenters. The molecule has 0 aromatic carbocycles. The molecule has 6 atom stereocenters. The Morgan fingerprint density at radius 3 is 0.504 bits per heavy atom. The number of carbonyl (C=O) groups excluding carboxylic acids is 4. The minimum absolute atomic E-state index is 0. The second kappa shape index (κ2) is 147. The average molecular weight is 1870 g/mol. The van der Waals surface area contributed by atoms with Gasteiger partial charge in [-0.1, -0.05) is 258 Å². The molecular weight excluding hydrogens is 1670 g/mol. The number of carbonyl (C=O) groups is 6. The summed E-state index contributed by atoms with van der Waals surface area (Å²) < 4.78 is 63.1. The number of rotatable bonds is 65. The van der Waals surface area contributed by atoms with Gasteiger partial charge in [0.2, 0.25) is 0 Å². The Balaban J connectivity index is -0.0000000705. The molecule has 0 aromatic heterocycles. The second-order valence-electron chi connectivity index (χ2n) is 33.2. The quantitative estimate of drug-likeness (QED) is 0.0424. The van der Waals surface area contributed by atoms with E-state index >= 15 is 0 Å². The van der Waals surface area contributed by atoms with Gasteiger partial charge in [-0.15, -0.1) is 0 Å². The van der Waals surface area contributed by atoms with E-state index in [0.29, 0.717) is 149 Å². The maximum Gasteiger partial charge on any atom is 1.00 e. The van der Waals surface area contributed by atoms with Crippen LogP contribution in [0.3, 0.4) is 0 Å². The van der Waals surface area contributed by atoms with Gasteiger partial charge in [0, 0.05) is 50.8 Å². The van der Waals surface area contributed by atoms with Crippen molar-refractivity contribution in [1.82, 2.24) is 0 Å². The van der Waals surface area contributed by atoms with Crippen molar-refractivity contribution in [2.24, 2.45) is 41.4 Å². The number of hydrogen-bond donors (Lipinski definition) is 2. The Kier molecular flexibility index (Phi) is 193. The molecular formula is C99H208KLiNa2O24. The SMILES string of the molecule is CCC(C)C.CCC(C)C.CCC(C)C.CCC(C)C.CCC(C)C.CCC(C)C.CCC(C)C.CCC(C)OCCOCC(=O)O.CCC(C)OCCOCC(=O)[O-].CCC(C)OCCOCCCCCC(=O)O.CCC(C)OCCOCCCCCC(=O)[O-].CCC(C)OCCOCCCCCC(=O)[O-].CCC(C)OCCOCCCCCC(=O)[O-].[K+].[Li+].[Na+].[Na+]. The third-order valence-corrected chi connectivity index (χ3v) is 18.1. The van der Waals surface area contributed by atoms with E-state index in [1.165, 1.54) is 44.9 Å². The van der Waals surface area contributed by atoms with Gasteiger partial charge in [-0.25, -0.2) is 4.79 Å². The number of hydrogen-bond acceptors (Lipinski definition) is 22. The molecule has 0 amide bonds. The van der Waals surface area contributed by atoms with Crippen molar-refractivity contribution in [1.29, 1.82) is 0 Å². The Morgan fingerprint density at radius 1 is 0.213 bits per heavy atom. The number of carboxylic acid groups (broad SMARTS) is 6. The van der Waals surface area contributed by atoms with Gasteiger partial charge in [0.1, 0.15) is 6.61 Å².